The zero-order valence-corrected chi connectivity index (χ0v) is 16.2. The zero-order chi connectivity index (χ0) is 18.3. The van der Waals surface area contributed by atoms with Crippen molar-refractivity contribution in [2.24, 2.45) is 0 Å². The Hall–Kier alpha value is -2.05. The first-order chi connectivity index (χ1) is 12.5. The second kappa shape index (κ2) is 6.93. The van der Waals surface area contributed by atoms with Crippen LogP contribution in [0, 0.1) is 0 Å². The Bertz CT molecular complexity index is 1090. The summed E-state index contributed by atoms with van der Waals surface area (Å²) < 4.78 is 1.62. The van der Waals surface area contributed by atoms with Crippen LogP contribution in [-0.4, -0.2) is 14.8 Å². The summed E-state index contributed by atoms with van der Waals surface area (Å²) in [5.74, 6) is 0.505. The lowest BCUT2D eigenvalue weighted by atomic mass is 10.1. The van der Waals surface area contributed by atoms with Crippen molar-refractivity contribution in [2.75, 3.05) is 5.73 Å². The monoisotopic (exact) mass is 420 g/mol. The molecule has 0 fully saturated rings. The van der Waals surface area contributed by atoms with E-state index in [2.05, 4.69) is 10.1 Å². The fraction of sp³-hybridized carbons (Fsp3) is 0. The molecule has 0 spiro atoms. The number of anilines is 1. The highest BCUT2D eigenvalue weighted by Crippen LogP contribution is 2.31. The van der Waals surface area contributed by atoms with Gasteiger partial charge in [-0.15, -0.1) is 11.3 Å². The lowest BCUT2D eigenvalue weighted by Crippen LogP contribution is -2.01. The van der Waals surface area contributed by atoms with Gasteiger partial charge >= 0.3 is 0 Å². The summed E-state index contributed by atoms with van der Waals surface area (Å²) in [6.45, 7) is 0. The number of halogens is 3. The molecule has 130 valence electrons. The Kier molecular flexibility index (Phi) is 4.63. The van der Waals surface area contributed by atoms with Crippen LogP contribution in [0.15, 0.2) is 53.9 Å². The van der Waals surface area contributed by atoms with Crippen LogP contribution in [0.5, 0.6) is 0 Å². The predicted octanol–water partition coefficient (Wildman–Crippen LogP) is 6.21. The zero-order valence-electron chi connectivity index (χ0n) is 13.2. The average molecular weight is 422 g/mol. The highest BCUT2D eigenvalue weighted by molar-refractivity contribution is 7.12. The SMILES string of the molecule is Nc1cc(-c2ccc(Cl)cc2)nn1-c1nc(-c2ccc(Cl)c(Cl)c2)cs1. The van der Waals surface area contributed by atoms with E-state index >= 15 is 0 Å². The summed E-state index contributed by atoms with van der Waals surface area (Å²) in [6.07, 6.45) is 0. The van der Waals surface area contributed by atoms with Gasteiger partial charge in [-0.1, -0.05) is 53.0 Å². The van der Waals surface area contributed by atoms with Crippen LogP contribution < -0.4 is 5.73 Å². The molecule has 26 heavy (non-hydrogen) atoms. The Balaban J connectivity index is 1.69. The van der Waals surface area contributed by atoms with Gasteiger partial charge in [0.15, 0.2) is 0 Å². The van der Waals surface area contributed by atoms with E-state index in [4.69, 9.17) is 40.5 Å². The molecule has 0 aliphatic rings. The third-order valence-corrected chi connectivity index (χ3v) is 5.57. The van der Waals surface area contributed by atoms with Crippen LogP contribution in [0.2, 0.25) is 15.1 Å². The standard InChI is InChI=1S/C18H11Cl3N4S/c19-12-4-1-10(2-5-12)15-8-17(22)25(24-15)18-23-16(9-26-18)11-3-6-13(20)14(21)7-11/h1-9H,22H2. The van der Waals surface area contributed by atoms with Crippen molar-refractivity contribution in [1.29, 1.82) is 0 Å². The number of hydrogen-bond acceptors (Lipinski definition) is 4. The molecule has 4 aromatic rings. The summed E-state index contributed by atoms with van der Waals surface area (Å²) in [7, 11) is 0. The molecular weight excluding hydrogens is 411 g/mol. The van der Waals surface area contributed by atoms with E-state index in [9.17, 15) is 0 Å². The molecule has 0 saturated heterocycles. The number of nitrogens with zero attached hydrogens (tertiary/aromatic N) is 3. The van der Waals surface area contributed by atoms with Crippen LogP contribution in [-0.2, 0) is 0 Å². The molecule has 0 radical (unpaired) electrons. The molecule has 2 heterocycles. The van der Waals surface area contributed by atoms with Crippen molar-refractivity contribution in [3.05, 3.63) is 69.0 Å². The fourth-order valence-electron chi connectivity index (χ4n) is 2.46. The third-order valence-electron chi connectivity index (χ3n) is 3.77. The van der Waals surface area contributed by atoms with E-state index in [1.54, 1.807) is 16.8 Å². The highest BCUT2D eigenvalue weighted by atomic mass is 35.5. The van der Waals surface area contributed by atoms with Crippen LogP contribution >= 0.6 is 46.1 Å². The van der Waals surface area contributed by atoms with Crippen molar-refractivity contribution in [2.45, 2.75) is 0 Å². The van der Waals surface area contributed by atoms with Crippen molar-refractivity contribution in [3.63, 3.8) is 0 Å². The number of nitrogens with two attached hydrogens (primary N) is 1. The molecule has 4 rings (SSSR count). The Morgan fingerprint density at radius 2 is 1.58 bits per heavy atom. The lowest BCUT2D eigenvalue weighted by molar-refractivity contribution is 0.884. The Morgan fingerprint density at radius 1 is 0.846 bits per heavy atom. The molecule has 8 heteroatoms. The van der Waals surface area contributed by atoms with Gasteiger partial charge < -0.3 is 5.73 Å². The number of benzene rings is 2. The van der Waals surface area contributed by atoms with Gasteiger partial charge in [-0.3, -0.25) is 0 Å². The van der Waals surface area contributed by atoms with E-state index in [0.29, 0.717) is 26.0 Å². The maximum absolute atomic E-state index is 6.14. The van der Waals surface area contributed by atoms with Gasteiger partial charge in [0, 0.05) is 27.6 Å². The molecule has 0 saturated carbocycles. The van der Waals surface area contributed by atoms with Gasteiger partial charge in [0.25, 0.3) is 0 Å². The number of thiazole rings is 1. The number of hydrogen-bond donors (Lipinski definition) is 1. The van der Waals surface area contributed by atoms with E-state index in [1.807, 2.05) is 41.8 Å². The third kappa shape index (κ3) is 3.31. The fourth-order valence-corrected chi connectivity index (χ4v) is 3.69. The van der Waals surface area contributed by atoms with E-state index in [0.717, 1.165) is 22.5 Å². The van der Waals surface area contributed by atoms with Gasteiger partial charge in [0.1, 0.15) is 5.82 Å². The molecule has 0 amide bonds. The molecule has 0 unspecified atom stereocenters. The van der Waals surface area contributed by atoms with Crippen LogP contribution in [0.3, 0.4) is 0 Å². The number of nitrogen functional groups attached to an aromatic ring is 1. The van der Waals surface area contributed by atoms with Gasteiger partial charge in [-0.05, 0) is 24.3 Å². The lowest BCUT2D eigenvalue weighted by Gasteiger charge is -2.00. The smallest absolute Gasteiger partial charge is 0.212 e. The Labute approximate surface area is 168 Å². The molecule has 2 aromatic heterocycles. The van der Waals surface area contributed by atoms with Crippen molar-refractivity contribution in [3.8, 4) is 27.6 Å². The van der Waals surface area contributed by atoms with Crippen LogP contribution in [0.25, 0.3) is 27.6 Å². The molecule has 0 atom stereocenters. The van der Waals surface area contributed by atoms with Crippen LogP contribution in [0.4, 0.5) is 5.82 Å². The van der Waals surface area contributed by atoms with Gasteiger partial charge in [0.05, 0.1) is 21.4 Å². The first-order valence-electron chi connectivity index (χ1n) is 7.54. The van der Waals surface area contributed by atoms with Gasteiger partial charge in [-0.2, -0.15) is 9.78 Å². The first-order valence-corrected chi connectivity index (χ1v) is 9.55. The minimum absolute atomic E-state index is 0.488. The molecule has 4 nitrogen and oxygen atoms in total. The summed E-state index contributed by atoms with van der Waals surface area (Å²) >= 11 is 19.4. The van der Waals surface area contributed by atoms with E-state index < -0.39 is 0 Å². The van der Waals surface area contributed by atoms with Crippen LogP contribution in [0.1, 0.15) is 0 Å². The second-order valence-electron chi connectivity index (χ2n) is 5.52. The molecule has 2 N–H and O–H groups in total. The maximum atomic E-state index is 6.14. The van der Waals surface area contributed by atoms with E-state index in [-0.39, 0.29) is 0 Å². The maximum Gasteiger partial charge on any atom is 0.212 e. The minimum atomic E-state index is 0.488. The number of aromatic nitrogens is 3. The first kappa shape index (κ1) is 17.4. The normalized spacial score (nSPS) is 11.0. The largest absolute Gasteiger partial charge is 0.383 e. The average Bonchev–Trinajstić information content (AvgIpc) is 3.25. The molecule has 0 bridgehead atoms. The molecule has 0 aliphatic carbocycles. The minimum Gasteiger partial charge on any atom is -0.383 e. The molecular formula is C18H11Cl3N4S. The predicted molar refractivity (Wildman–Crippen MR) is 110 cm³/mol. The summed E-state index contributed by atoms with van der Waals surface area (Å²) in [6, 6.07) is 14.7. The topological polar surface area (TPSA) is 56.7 Å². The molecule has 2 aromatic carbocycles. The van der Waals surface area contributed by atoms with Gasteiger partial charge in [0.2, 0.25) is 5.13 Å². The van der Waals surface area contributed by atoms with Gasteiger partial charge in [-0.25, -0.2) is 4.98 Å². The van der Waals surface area contributed by atoms with E-state index in [1.165, 1.54) is 11.3 Å². The summed E-state index contributed by atoms with van der Waals surface area (Å²) in [5.41, 5.74) is 9.49. The summed E-state index contributed by atoms with van der Waals surface area (Å²) in [5, 5.41) is 8.84. The highest BCUT2D eigenvalue weighted by Gasteiger charge is 2.13. The number of rotatable bonds is 3. The van der Waals surface area contributed by atoms with Crippen molar-refractivity contribution >= 4 is 52.0 Å². The second-order valence-corrected chi connectivity index (χ2v) is 7.60. The summed E-state index contributed by atoms with van der Waals surface area (Å²) in [4.78, 5) is 4.62. The van der Waals surface area contributed by atoms with Crippen molar-refractivity contribution < 1.29 is 0 Å². The molecule has 0 aliphatic heterocycles. The quantitative estimate of drug-likeness (QED) is 0.428. The Morgan fingerprint density at radius 3 is 2.31 bits per heavy atom. The van der Waals surface area contributed by atoms with Crippen molar-refractivity contribution in [1.82, 2.24) is 14.8 Å².